The molecule has 20 heavy (non-hydrogen) atoms. The van der Waals surface area contributed by atoms with E-state index in [9.17, 15) is 8.78 Å². The van der Waals surface area contributed by atoms with Crippen molar-refractivity contribution in [1.29, 1.82) is 0 Å². The average molecular weight is 277 g/mol. The monoisotopic (exact) mass is 277 g/mol. The summed E-state index contributed by atoms with van der Waals surface area (Å²) in [5.41, 5.74) is 7.25. The summed E-state index contributed by atoms with van der Waals surface area (Å²) < 4.78 is 30.3. The quantitative estimate of drug-likeness (QED) is 0.795. The molecule has 3 rings (SSSR count). The van der Waals surface area contributed by atoms with E-state index in [2.05, 4.69) is 10.1 Å². The number of nitrogen functional groups attached to an aromatic ring is 1. The summed E-state index contributed by atoms with van der Waals surface area (Å²) in [6, 6.07) is 3.93. The van der Waals surface area contributed by atoms with Gasteiger partial charge in [-0.1, -0.05) is 0 Å². The van der Waals surface area contributed by atoms with Gasteiger partial charge in [-0.3, -0.25) is 4.68 Å². The van der Waals surface area contributed by atoms with E-state index >= 15 is 0 Å². The van der Waals surface area contributed by atoms with Gasteiger partial charge in [-0.25, -0.2) is 13.8 Å². The fraction of sp³-hybridized carbons (Fsp3) is 0.231. The Balaban J connectivity index is 1.99. The van der Waals surface area contributed by atoms with E-state index < -0.39 is 11.6 Å². The van der Waals surface area contributed by atoms with Crippen LogP contribution in [-0.4, -0.2) is 19.3 Å². The number of anilines is 1. The third kappa shape index (κ3) is 2.01. The Labute approximate surface area is 113 Å². The van der Waals surface area contributed by atoms with Gasteiger partial charge in [-0.15, -0.1) is 0 Å². The van der Waals surface area contributed by atoms with Crippen LogP contribution in [0.2, 0.25) is 0 Å². The molecule has 0 aliphatic heterocycles. The summed E-state index contributed by atoms with van der Waals surface area (Å²) in [6.45, 7) is 0.477. The minimum absolute atomic E-state index is 0.0916. The highest BCUT2D eigenvalue weighted by molar-refractivity contribution is 5.79. The van der Waals surface area contributed by atoms with Crippen LogP contribution in [0.1, 0.15) is 5.69 Å². The largest absolute Gasteiger partial charge is 0.369 e. The first-order chi connectivity index (χ1) is 9.56. The van der Waals surface area contributed by atoms with Crippen LogP contribution in [0.4, 0.5) is 14.7 Å². The van der Waals surface area contributed by atoms with Gasteiger partial charge in [0.15, 0.2) is 5.82 Å². The average Bonchev–Trinajstić information content (AvgIpc) is 2.91. The lowest BCUT2D eigenvalue weighted by atomic mass is 10.2. The number of aromatic nitrogens is 4. The molecule has 0 bridgehead atoms. The molecule has 2 N–H and O–H groups in total. The van der Waals surface area contributed by atoms with Crippen LogP contribution in [0.3, 0.4) is 0 Å². The topological polar surface area (TPSA) is 61.7 Å². The molecule has 0 spiro atoms. The lowest BCUT2D eigenvalue weighted by Gasteiger charge is -2.07. The Morgan fingerprint density at radius 2 is 2.10 bits per heavy atom. The van der Waals surface area contributed by atoms with Crippen molar-refractivity contribution in [3.05, 3.63) is 41.7 Å². The van der Waals surface area contributed by atoms with Crippen LogP contribution in [0.25, 0.3) is 11.0 Å². The maximum atomic E-state index is 13.6. The molecule has 0 aliphatic rings. The number of aryl methyl sites for hydroxylation is 3. The van der Waals surface area contributed by atoms with Gasteiger partial charge in [0.05, 0.1) is 5.52 Å². The maximum Gasteiger partial charge on any atom is 0.201 e. The summed E-state index contributed by atoms with van der Waals surface area (Å²) in [4.78, 5) is 3.95. The second-order valence-corrected chi connectivity index (χ2v) is 4.57. The van der Waals surface area contributed by atoms with Gasteiger partial charge in [-0.05, 0) is 6.07 Å². The summed E-state index contributed by atoms with van der Waals surface area (Å²) in [5, 5.41) is 4.07. The van der Waals surface area contributed by atoms with Crippen LogP contribution in [0.15, 0.2) is 24.4 Å². The Kier molecular flexibility index (Phi) is 2.89. The zero-order valence-corrected chi connectivity index (χ0v) is 10.8. The van der Waals surface area contributed by atoms with Crippen molar-refractivity contribution in [3.8, 4) is 0 Å². The van der Waals surface area contributed by atoms with Crippen molar-refractivity contribution in [1.82, 2.24) is 19.3 Å². The summed E-state index contributed by atoms with van der Waals surface area (Å²) in [5.74, 6) is -1.17. The standard InChI is InChI=1S/C13H13F2N5/c1-19-9(2-4-17-19)3-5-20-11-7-8(14)6-10(15)12(11)18-13(20)16/h2,4,6-7H,3,5H2,1H3,(H2,16,18). The van der Waals surface area contributed by atoms with Gasteiger partial charge in [0, 0.05) is 44.0 Å². The number of halogens is 2. The summed E-state index contributed by atoms with van der Waals surface area (Å²) in [6.07, 6.45) is 2.34. The molecule has 0 unspecified atom stereocenters. The summed E-state index contributed by atoms with van der Waals surface area (Å²) >= 11 is 0. The van der Waals surface area contributed by atoms with Crippen LogP contribution in [0.5, 0.6) is 0 Å². The van der Waals surface area contributed by atoms with Gasteiger partial charge < -0.3 is 10.3 Å². The predicted molar refractivity (Wildman–Crippen MR) is 71.0 cm³/mol. The number of hydrogen-bond acceptors (Lipinski definition) is 3. The van der Waals surface area contributed by atoms with Crippen LogP contribution in [-0.2, 0) is 20.0 Å². The number of hydrogen-bond donors (Lipinski definition) is 1. The zero-order valence-electron chi connectivity index (χ0n) is 10.8. The molecule has 0 saturated heterocycles. The fourth-order valence-corrected chi connectivity index (χ4v) is 2.28. The SMILES string of the molecule is Cn1nccc1CCn1c(N)nc2c(F)cc(F)cc21. The molecular formula is C13H13F2N5. The number of rotatable bonds is 3. The number of imidazole rings is 1. The van der Waals surface area contributed by atoms with Crippen molar-refractivity contribution in [2.24, 2.45) is 7.05 Å². The fourth-order valence-electron chi connectivity index (χ4n) is 2.28. The van der Waals surface area contributed by atoms with Crippen LogP contribution in [0, 0.1) is 11.6 Å². The highest BCUT2D eigenvalue weighted by Crippen LogP contribution is 2.22. The van der Waals surface area contributed by atoms with Crippen molar-refractivity contribution >= 4 is 17.0 Å². The molecule has 104 valence electrons. The molecule has 2 aromatic heterocycles. The van der Waals surface area contributed by atoms with Crippen molar-refractivity contribution in [2.45, 2.75) is 13.0 Å². The Morgan fingerprint density at radius 1 is 1.30 bits per heavy atom. The van der Waals surface area contributed by atoms with E-state index in [1.165, 1.54) is 6.07 Å². The minimum Gasteiger partial charge on any atom is -0.369 e. The minimum atomic E-state index is -0.703. The number of benzene rings is 1. The molecule has 7 heteroatoms. The molecule has 5 nitrogen and oxygen atoms in total. The Hall–Kier alpha value is -2.44. The Bertz CT molecular complexity index is 775. The predicted octanol–water partition coefficient (Wildman–Crippen LogP) is 1.87. The first kappa shape index (κ1) is 12.6. The zero-order chi connectivity index (χ0) is 14.3. The van der Waals surface area contributed by atoms with Gasteiger partial charge >= 0.3 is 0 Å². The van der Waals surface area contributed by atoms with Gasteiger partial charge in [0.2, 0.25) is 5.95 Å². The van der Waals surface area contributed by atoms with E-state index in [0.29, 0.717) is 18.5 Å². The van der Waals surface area contributed by atoms with E-state index in [1.54, 1.807) is 15.4 Å². The molecule has 0 aliphatic carbocycles. The van der Waals surface area contributed by atoms with Crippen LogP contribution < -0.4 is 5.73 Å². The number of nitrogens with zero attached hydrogens (tertiary/aromatic N) is 4. The van der Waals surface area contributed by atoms with E-state index in [-0.39, 0.29) is 11.5 Å². The lowest BCUT2D eigenvalue weighted by molar-refractivity contribution is 0.589. The molecule has 3 aromatic rings. The van der Waals surface area contributed by atoms with Crippen molar-refractivity contribution in [3.63, 3.8) is 0 Å². The molecule has 0 saturated carbocycles. The molecule has 1 aromatic carbocycles. The molecule has 0 amide bonds. The van der Waals surface area contributed by atoms with E-state index in [1.807, 2.05) is 13.1 Å². The van der Waals surface area contributed by atoms with Gasteiger partial charge in [0.1, 0.15) is 11.3 Å². The number of fused-ring (bicyclic) bond motifs is 1. The molecule has 0 atom stereocenters. The molecule has 0 fully saturated rings. The molecular weight excluding hydrogens is 264 g/mol. The first-order valence-corrected chi connectivity index (χ1v) is 6.14. The van der Waals surface area contributed by atoms with Crippen molar-refractivity contribution < 1.29 is 8.78 Å². The van der Waals surface area contributed by atoms with Gasteiger partial charge in [0.25, 0.3) is 0 Å². The smallest absolute Gasteiger partial charge is 0.201 e. The van der Waals surface area contributed by atoms with E-state index in [4.69, 9.17) is 5.73 Å². The Morgan fingerprint density at radius 3 is 2.80 bits per heavy atom. The molecule has 2 heterocycles. The maximum absolute atomic E-state index is 13.6. The van der Waals surface area contributed by atoms with Crippen LogP contribution >= 0.6 is 0 Å². The third-order valence-corrected chi connectivity index (χ3v) is 3.32. The molecule has 0 radical (unpaired) electrons. The lowest BCUT2D eigenvalue weighted by Crippen LogP contribution is -2.08. The summed E-state index contributed by atoms with van der Waals surface area (Å²) in [7, 11) is 1.84. The van der Waals surface area contributed by atoms with E-state index in [0.717, 1.165) is 11.8 Å². The third-order valence-electron chi connectivity index (χ3n) is 3.32. The highest BCUT2D eigenvalue weighted by Gasteiger charge is 2.14. The highest BCUT2D eigenvalue weighted by atomic mass is 19.1. The normalized spacial score (nSPS) is 11.3. The van der Waals surface area contributed by atoms with Gasteiger partial charge in [-0.2, -0.15) is 5.10 Å². The number of nitrogens with two attached hydrogens (primary N) is 1. The van der Waals surface area contributed by atoms with Crippen molar-refractivity contribution in [2.75, 3.05) is 5.73 Å². The second kappa shape index (κ2) is 4.59. The second-order valence-electron chi connectivity index (χ2n) is 4.57. The first-order valence-electron chi connectivity index (χ1n) is 6.14.